The molecule has 0 heterocycles. The molecule has 146 valence electrons. The van der Waals surface area contributed by atoms with E-state index in [1.54, 1.807) is 25.1 Å². The van der Waals surface area contributed by atoms with E-state index < -0.39 is 17.9 Å². The molecule has 0 aliphatic carbocycles. The third-order valence-corrected chi connectivity index (χ3v) is 3.96. The molecule has 2 amide bonds. The summed E-state index contributed by atoms with van der Waals surface area (Å²) in [4.78, 5) is 23.7. The van der Waals surface area contributed by atoms with E-state index in [4.69, 9.17) is 27.9 Å². The minimum atomic E-state index is -0.844. The minimum absolute atomic E-state index is 0.235. The van der Waals surface area contributed by atoms with Crippen LogP contribution in [0.1, 0.15) is 12.5 Å². The first-order valence-corrected chi connectivity index (χ1v) is 9.14. The summed E-state index contributed by atoms with van der Waals surface area (Å²) in [5.74, 6) is -0.600. The maximum Gasteiger partial charge on any atom is 0.261 e. The Morgan fingerprint density at radius 2 is 1.93 bits per heavy atom. The van der Waals surface area contributed by atoms with Gasteiger partial charge < -0.3 is 10.1 Å². The van der Waals surface area contributed by atoms with E-state index in [0.29, 0.717) is 15.8 Å². The van der Waals surface area contributed by atoms with E-state index in [0.717, 1.165) is 5.56 Å². The van der Waals surface area contributed by atoms with Crippen molar-refractivity contribution in [3.8, 4) is 5.75 Å². The van der Waals surface area contributed by atoms with Crippen molar-refractivity contribution in [3.05, 3.63) is 70.2 Å². The fraction of sp³-hybridized carbons (Fsp3) is 0.150. The molecule has 0 saturated carbocycles. The number of nitrogens with zero attached hydrogens (tertiary/aromatic N) is 1. The number of allylic oxidation sites excluding steroid dienone is 1. The fourth-order valence-electron chi connectivity index (χ4n) is 2.04. The SMILES string of the molecule is CC(Oc1ccc(Cl)cc1Cl)C(=O)NCC(=O)N/N=C/C=C/c1ccccc1. The fourth-order valence-corrected chi connectivity index (χ4v) is 2.49. The van der Waals surface area contributed by atoms with Crippen LogP contribution in [0.2, 0.25) is 10.0 Å². The first-order valence-electron chi connectivity index (χ1n) is 8.39. The topological polar surface area (TPSA) is 79.8 Å². The molecule has 0 aliphatic rings. The van der Waals surface area contributed by atoms with Crippen molar-refractivity contribution in [2.75, 3.05) is 6.54 Å². The highest BCUT2D eigenvalue weighted by Gasteiger charge is 2.16. The Bertz CT molecular complexity index is 870. The molecule has 6 nitrogen and oxygen atoms in total. The predicted molar refractivity (Wildman–Crippen MR) is 112 cm³/mol. The van der Waals surface area contributed by atoms with Gasteiger partial charge in [-0.1, -0.05) is 59.6 Å². The number of benzene rings is 2. The van der Waals surface area contributed by atoms with Gasteiger partial charge in [0, 0.05) is 11.2 Å². The Balaban J connectivity index is 1.71. The highest BCUT2D eigenvalue weighted by atomic mass is 35.5. The van der Waals surface area contributed by atoms with Gasteiger partial charge >= 0.3 is 0 Å². The van der Waals surface area contributed by atoms with Crippen molar-refractivity contribution in [2.24, 2.45) is 5.10 Å². The van der Waals surface area contributed by atoms with Crippen LogP contribution in [0.4, 0.5) is 0 Å². The molecule has 0 radical (unpaired) electrons. The molecule has 0 aliphatic heterocycles. The lowest BCUT2D eigenvalue weighted by Gasteiger charge is -2.15. The summed E-state index contributed by atoms with van der Waals surface area (Å²) in [5.41, 5.74) is 3.33. The second-order valence-corrected chi connectivity index (χ2v) is 6.48. The molecule has 0 fully saturated rings. The second kappa shape index (κ2) is 11.1. The van der Waals surface area contributed by atoms with Gasteiger partial charge in [0.2, 0.25) is 0 Å². The van der Waals surface area contributed by atoms with Crippen molar-refractivity contribution in [2.45, 2.75) is 13.0 Å². The first kappa shape index (κ1) is 21.5. The summed E-state index contributed by atoms with van der Waals surface area (Å²) in [6.07, 6.45) is 4.14. The maximum atomic E-state index is 12.0. The number of carbonyl (C=O) groups is 2. The number of amides is 2. The number of hydrogen-bond acceptors (Lipinski definition) is 4. The van der Waals surface area contributed by atoms with E-state index in [1.165, 1.54) is 12.3 Å². The molecule has 1 atom stereocenters. The number of hydrogen-bond donors (Lipinski definition) is 2. The van der Waals surface area contributed by atoms with Crippen molar-refractivity contribution in [1.82, 2.24) is 10.7 Å². The Hall–Kier alpha value is -2.83. The van der Waals surface area contributed by atoms with Crippen LogP contribution in [-0.2, 0) is 9.59 Å². The summed E-state index contributed by atoms with van der Waals surface area (Å²) < 4.78 is 5.48. The average molecular weight is 420 g/mol. The third kappa shape index (κ3) is 7.42. The van der Waals surface area contributed by atoms with Gasteiger partial charge in [0.05, 0.1) is 11.6 Å². The third-order valence-electron chi connectivity index (χ3n) is 3.43. The minimum Gasteiger partial charge on any atom is -0.479 e. The van der Waals surface area contributed by atoms with Gasteiger partial charge in [0.15, 0.2) is 6.10 Å². The van der Waals surface area contributed by atoms with Gasteiger partial charge in [0.1, 0.15) is 5.75 Å². The van der Waals surface area contributed by atoms with Gasteiger partial charge in [-0.25, -0.2) is 5.43 Å². The molecule has 28 heavy (non-hydrogen) atoms. The summed E-state index contributed by atoms with van der Waals surface area (Å²) in [6.45, 7) is 1.31. The Labute approximate surface area is 173 Å². The zero-order valence-electron chi connectivity index (χ0n) is 15.1. The highest BCUT2D eigenvalue weighted by Crippen LogP contribution is 2.28. The van der Waals surface area contributed by atoms with Gasteiger partial charge in [-0.05, 0) is 36.8 Å². The number of rotatable bonds is 8. The number of nitrogens with one attached hydrogen (secondary N) is 2. The molecule has 2 N–H and O–H groups in total. The van der Waals surface area contributed by atoms with Gasteiger partial charge in [-0.3, -0.25) is 9.59 Å². The van der Waals surface area contributed by atoms with Gasteiger partial charge in [-0.2, -0.15) is 5.10 Å². The lowest BCUT2D eigenvalue weighted by atomic mass is 10.2. The zero-order chi connectivity index (χ0) is 20.4. The molecule has 2 rings (SSSR count). The Morgan fingerprint density at radius 1 is 1.18 bits per heavy atom. The van der Waals surface area contributed by atoms with Gasteiger partial charge in [-0.15, -0.1) is 0 Å². The maximum absolute atomic E-state index is 12.0. The number of halogens is 2. The lowest BCUT2D eigenvalue weighted by molar-refractivity contribution is -0.130. The number of carbonyl (C=O) groups excluding carboxylic acids is 2. The molecule has 0 bridgehead atoms. The Morgan fingerprint density at radius 3 is 2.64 bits per heavy atom. The molecule has 2 aromatic rings. The van der Waals surface area contributed by atoms with Crippen LogP contribution in [0, 0.1) is 0 Å². The van der Waals surface area contributed by atoms with Crippen molar-refractivity contribution >= 4 is 47.3 Å². The van der Waals surface area contributed by atoms with Crippen molar-refractivity contribution < 1.29 is 14.3 Å². The molecule has 0 spiro atoms. The van der Waals surface area contributed by atoms with Crippen molar-refractivity contribution in [1.29, 1.82) is 0 Å². The van der Waals surface area contributed by atoms with E-state index in [-0.39, 0.29) is 6.54 Å². The predicted octanol–water partition coefficient (Wildman–Crippen LogP) is 3.69. The van der Waals surface area contributed by atoms with Crippen molar-refractivity contribution in [3.63, 3.8) is 0 Å². The number of ether oxygens (including phenoxy) is 1. The quantitative estimate of drug-likeness (QED) is 0.505. The Kier molecular flexibility index (Phi) is 8.52. The summed E-state index contributed by atoms with van der Waals surface area (Å²) in [7, 11) is 0. The van der Waals surface area contributed by atoms with Crippen LogP contribution < -0.4 is 15.5 Å². The average Bonchev–Trinajstić information content (AvgIpc) is 2.68. The molecule has 8 heteroatoms. The largest absolute Gasteiger partial charge is 0.479 e. The summed E-state index contributed by atoms with van der Waals surface area (Å²) in [5, 5.41) is 6.99. The lowest BCUT2D eigenvalue weighted by Crippen LogP contribution is -2.41. The van der Waals surface area contributed by atoms with Crippen LogP contribution in [0.3, 0.4) is 0 Å². The van der Waals surface area contributed by atoms with E-state index in [2.05, 4.69) is 15.8 Å². The van der Waals surface area contributed by atoms with Crippen LogP contribution in [0.25, 0.3) is 6.08 Å². The summed E-state index contributed by atoms with van der Waals surface area (Å²) in [6, 6.07) is 14.3. The molecule has 1 unspecified atom stereocenters. The van der Waals surface area contributed by atoms with E-state index >= 15 is 0 Å². The first-order chi connectivity index (χ1) is 13.5. The zero-order valence-corrected chi connectivity index (χ0v) is 16.6. The van der Waals surface area contributed by atoms with Crippen LogP contribution in [0.15, 0.2) is 59.7 Å². The molecular formula is C20H19Cl2N3O3. The standard InChI is InChI=1S/C20H19Cl2N3O3/c1-14(28-18-10-9-16(21)12-17(18)22)20(27)23-13-19(26)25-24-11-5-8-15-6-3-2-4-7-15/h2-12,14H,13H2,1H3,(H,23,27)(H,25,26)/b8-5+,24-11+. The van der Waals surface area contributed by atoms with Gasteiger partial charge in [0.25, 0.3) is 11.8 Å². The van der Waals surface area contributed by atoms with E-state index in [1.807, 2.05) is 36.4 Å². The monoisotopic (exact) mass is 419 g/mol. The summed E-state index contributed by atoms with van der Waals surface area (Å²) >= 11 is 11.8. The second-order valence-electron chi connectivity index (χ2n) is 5.64. The molecular weight excluding hydrogens is 401 g/mol. The van der Waals surface area contributed by atoms with Crippen LogP contribution in [-0.4, -0.2) is 30.7 Å². The van der Waals surface area contributed by atoms with Crippen LogP contribution in [0.5, 0.6) is 5.75 Å². The normalized spacial score (nSPS) is 12.1. The number of hydrazone groups is 1. The molecule has 0 saturated heterocycles. The van der Waals surface area contributed by atoms with Crippen LogP contribution >= 0.6 is 23.2 Å². The molecule has 2 aromatic carbocycles. The smallest absolute Gasteiger partial charge is 0.261 e. The van der Waals surface area contributed by atoms with E-state index in [9.17, 15) is 9.59 Å². The highest BCUT2D eigenvalue weighted by molar-refractivity contribution is 6.35. The molecule has 0 aromatic heterocycles.